The third kappa shape index (κ3) is 3.78. The molecule has 3 aromatic carbocycles. The largest absolute Gasteiger partial charge is 0.507 e. The summed E-state index contributed by atoms with van der Waals surface area (Å²) in [6.07, 6.45) is 0. The first-order chi connectivity index (χ1) is 12.0. The highest BCUT2D eigenvalue weighted by Crippen LogP contribution is 2.32. The summed E-state index contributed by atoms with van der Waals surface area (Å²) in [6, 6.07) is 12.3. The van der Waals surface area contributed by atoms with Gasteiger partial charge in [-0.05, 0) is 41.8 Å². The summed E-state index contributed by atoms with van der Waals surface area (Å²) in [6.45, 7) is 0. The Kier molecular flexibility index (Phi) is 4.36. The lowest BCUT2D eigenvalue weighted by Gasteiger charge is -2.10. The molecule has 0 atom stereocenters. The van der Waals surface area contributed by atoms with Crippen molar-refractivity contribution in [1.82, 2.24) is 0 Å². The molecule has 0 heterocycles. The molecule has 4 N–H and O–H groups in total. The van der Waals surface area contributed by atoms with Crippen molar-refractivity contribution in [2.24, 2.45) is 0 Å². The summed E-state index contributed by atoms with van der Waals surface area (Å²) in [4.78, 5) is -0.701. The van der Waals surface area contributed by atoms with Crippen molar-refractivity contribution >= 4 is 42.4 Å². The minimum absolute atomic E-state index is 0.274. The molecule has 136 valence electrons. The van der Waals surface area contributed by atoms with Crippen LogP contribution in [0.1, 0.15) is 0 Å². The van der Waals surface area contributed by atoms with Crippen LogP contribution >= 0.6 is 0 Å². The van der Waals surface area contributed by atoms with Gasteiger partial charge in [0, 0.05) is 22.8 Å². The van der Waals surface area contributed by atoms with Crippen LogP contribution in [0.15, 0.2) is 64.4 Å². The number of phenolic OH excluding ortho intramolecular Hbond substituents is 1. The molecular formula is C16H13NO7S2. The van der Waals surface area contributed by atoms with E-state index >= 15 is 0 Å². The number of phenols is 1. The Bertz CT molecular complexity index is 1220. The molecule has 0 aliphatic rings. The van der Waals surface area contributed by atoms with Crippen LogP contribution in [0.3, 0.4) is 0 Å². The van der Waals surface area contributed by atoms with Gasteiger partial charge in [-0.25, -0.2) is 0 Å². The molecule has 10 heteroatoms. The van der Waals surface area contributed by atoms with Crippen LogP contribution in [0.5, 0.6) is 5.75 Å². The number of hydrogen-bond acceptors (Lipinski definition) is 6. The number of hydrogen-bond donors (Lipinski definition) is 4. The summed E-state index contributed by atoms with van der Waals surface area (Å²) in [5, 5.41) is 13.7. The van der Waals surface area contributed by atoms with E-state index in [1.165, 1.54) is 36.4 Å². The average Bonchev–Trinajstić information content (AvgIpc) is 2.54. The molecule has 0 aliphatic carbocycles. The van der Waals surface area contributed by atoms with Gasteiger partial charge in [0.1, 0.15) is 5.75 Å². The fourth-order valence-corrected chi connectivity index (χ4v) is 3.50. The Labute approximate surface area is 149 Å². The van der Waals surface area contributed by atoms with Crippen molar-refractivity contribution in [1.29, 1.82) is 0 Å². The van der Waals surface area contributed by atoms with Crippen LogP contribution in [-0.4, -0.2) is 31.0 Å². The van der Waals surface area contributed by atoms with Crippen LogP contribution in [0.25, 0.3) is 10.8 Å². The predicted molar refractivity (Wildman–Crippen MR) is 95.0 cm³/mol. The van der Waals surface area contributed by atoms with E-state index in [9.17, 15) is 21.9 Å². The van der Waals surface area contributed by atoms with Crippen molar-refractivity contribution in [3.05, 3.63) is 54.6 Å². The monoisotopic (exact) mass is 395 g/mol. The van der Waals surface area contributed by atoms with Gasteiger partial charge < -0.3 is 10.4 Å². The van der Waals surface area contributed by atoms with Crippen molar-refractivity contribution < 1.29 is 31.0 Å². The lowest BCUT2D eigenvalue weighted by Crippen LogP contribution is -1.99. The Hall–Kier alpha value is -2.66. The molecule has 0 unspecified atom stereocenters. The molecule has 8 nitrogen and oxygen atoms in total. The number of anilines is 2. The van der Waals surface area contributed by atoms with Gasteiger partial charge in [-0.2, -0.15) is 16.8 Å². The quantitative estimate of drug-likeness (QED) is 0.494. The third-order valence-electron chi connectivity index (χ3n) is 3.62. The number of nitrogens with one attached hydrogen (secondary N) is 1. The first-order valence-electron chi connectivity index (χ1n) is 7.13. The fraction of sp³-hybridized carbons (Fsp3) is 0. The van der Waals surface area contributed by atoms with E-state index in [2.05, 4.69) is 5.32 Å². The second-order valence-electron chi connectivity index (χ2n) is 5.48. The van der Waals surface area contributed by atoms with E-state index in [0.717, 1.165) is 6.07 Å². The molecule has 0 fully saturated rings. The zero-order chi connectivity index (χ0) is 19.1. The zero-order valence-corrected chi connectivity index (χ0v) is 14.6. The van der Waals surface area contributed by atoms with Crippen LogP contribution < -0.4 is 5.32 Å². The first kappa shape index (κ1) is 18.1. The smallest absolute Gasteiger partial charge is 0.294 e. The molecule has 3 aromatic rings. The van der Waals surface area contributed by atoms with Crippen LogP contribution in [0.4, 0.5) is 11.4 Å². The minimum Gasteiger partial charge on any atom is -0.507 e. The van der Waals surface area contributed by atoms with Crippen LogP contribution in [0.2, 0.25) is 0 Å². The molecule has 0 saturated carbocycles. The van der Waals surface area contributed by atoms with Gasteiger partial charge in [-0.1, -0.05) is 12.1 Å². The minimum atomic E-state index is -4.45. The Morgan fingerprint density at radius 1 is 0.731 bits per heavy atom. The molecule has 0 radical (unpaired) electrons. The van der Waals surface area contributed by atoms with Crippen LogP contribution in [0, 0.1) is 0 Å². The average molecular weight is 395 g/mol. The molecule has 3 rings (SSSR count). The molecule has 0 amide bonds. The summed E-state index contributed by atoms with van der Waals surface area (Å²) in [5.41, 5.74) is 0.869. The van der Waals surface area contributed by atoms with Gasteiger partial charge in [0.15, 0.2) is 0 Å². The van der Waals surface area contributed by atoms with Crippen molar-refractivity contribution in [2.75, 3.05) is 5.32 Å². The summed E-state index contributed by atoms with van der Waals surface area (Å²) in [7, 11) is -8.79. The lowest BCUT2D eigenvalue weighted by molar-refractivity contribution is 0.471. The molecule has 0 spiro atoms. The van der Waals surface area contributed by atoms with Crippen molar-refractivity contribution in [2.45, 2.75) is 9.79 Å². The second kappa shape index (κ2) is 6.25. The Morgan fingerprint density at radius 2 is 1.38 bits per heavy atom. The standard InChI is InChI=1S/C16H13NO7S2/c18-16-9-14(26(22,23)24)6-10-4-5-12(8-15(10)16)17-11-2-1-3-13(7-11)25(19,20)21/h1-9,17-18H,(H,19,20,21)(H,22,23,24). The maximum Gasteiger partial charge on any atom is 0.294 e. The SMILES string of the molecule is O=S(=O)(O)c1cccc(Nc2ccc3cc(S(=O)(=O)O)cc(O)c3c2)c1. The summed E-state index contributed by atoms with van der Waals surface area (Å²) in [5.74, 6) is -0.342. The van der Waals surface area contributed by atoms with E-state index in [1.807, 2.05) is 0 Å². The van der Waals surface area contributed by atoms with Crippen molar-refractivity contribution in [3.63, 3.8) is 0 Å². The van der Waals surface area contributed by atoms with E-state index < -0.39 is 25.1 Å². The number of aromatic hydroxyl groups is 1. The van der Waals surface area contributed by atoms with Crippen LogP contribution in [-0.2, 0) is 20.2 Å². The maximum atomic E-state index is 11.2. The molecule has 0 aliphatic heterocycles. The second-order valence-corrected chi connectivity index (χ2v) is 8.32. The fourth-order valence-electron chi connectivity index (χ4n) is 2.44. The zero-order valence-electron chi connectivity index (χ0n) is 13.0. The van der Waals surface area contributed by atoms with Gasteiger partial charge in [0.25, 0.3) is 20.2 Å². The number of fused-ring (bicyclic) bond motifs is 1. The van der Waals surface area contributed by atoms with Gasteiger partial charge in [-0.3, -0.25) is 9.11 Å². The molecule has 0 bridgehead atoms. The third-order valence-corrected chi connectivity index (χ3v) is 5.31. The number of benzene rings is 3. The Morgan fingerprint density at radius 3 is 2.04 bits per heavy atom. The van der Waals surface area contributed by atoms with Gasteiger partial charge in [0.05, 0.1) is 9.79 Å². The number of rotatable bonds is 4. The van der Waals surface area contributed by atoms with E-state index in [4.69, 9.17) is 9.11 Å². The van der Waals surface area contributed by atoms with E-state index in [-0.39, 0.29) is 10.6 Å². The highest BCUT2D eigenvalue weighted by molar-refractivity contribution is 7.86. The maximum absolute atomic E-state index is 11.2. The lowest BCUT2D eigenvalue weighted by atomic mass is 10.1. The van der Waals surface area contributed by atoms with Gasteiger partial charge >= 0.3 is 0 Å². The summed E-state index contributed by atoms with van der Waals surface area (Å²) >= 11 is 0. The first-order valence-corrected chi connectivity index (χ1v) is 10.0. The highest BCUT2D eigenvalue weighted by Gasteiger charge is 2.14. The van der Waals surface area contributed by atoms with E-state index in [1.54, 1.807) is 12.1 Å². The molecule has 0 aromatic heterocycles. The van der Waals surface area contributed by atoms with Crippen molar-refractivity contribution in [3.8, 4) is 5.75 Å². The van der Waals surface area contributed by atoms with E-state index in [0.29, 0.717) is 22.1 Å². The van der Waals surface area contributed by atoms with Gasteiger partial charge in [-0.15, -0.1) is 0 Å². The molecular weight excluding hydrogens is 382 g/mol. The highest BCUT2D eigenvalue weighted by atomic mass is 32.2. The molecule has 0 saturated heterocycles. The normalized spacial score (nSPS) is 12.2. The summed E-state index contributed by atoms with van der Waals surface area (Å²) < 4.78 is 63.0. The Balaban J connectivity index is 2.02. The molecule has 26 heavy (non-hydrogen) atoms. The predicted octanol–water partition coefficient (Wildman–Crippen LogP) is 2.78. The van der Waals surface area contributed by atoms with Gasteiger partial charge in [0.2, 0.25) is 0 Å². The topological polar surface area (TPSA) is 141 Å².